The number of hydrogen-bond acceptors (Lipinski definition) is 3. The molecule has 3 rings (SSSR count). The lowest BCUT2D eigenvalue weighted by molar-refractivity contribution is -0.125. The molecule has 1 unspecified atom stereocenters. The van der Waals surface area contributed by atoms with E-state index >= 15 is 0 Å². The Morgan fingerprint density at radius 3 is 2.80 bits per heavy atom. The molecular weight excluding hydrogens is 252 g/mol. The van der Waals surface area contributed by atoms with E-state index in [0.29, 0.717) is 11.6 Å². The van der Waals surface area contributed by atoms with E-state index in [9.17, 15) is 4.79 Å². The summed E-state index contributed by atoms with van der Waals surface area (Å²) in [6, 6.07) is 10.1. The molecule has 0 N–H and O–H groups in total. The maximum atomic E-state index is 11.9. The van der Waals surface area contributed by atoms with Gasteiger partial charge >= 0.3 is 0 Å². The van der Waals surface area contributed by atoms with Gasteiger partial charge in [0.1, 0.15) is 0 Å². The van der Waals surface area contributed by atoms with Crippen LogP contribution in [0.2, 0.25) is 0 Å². The second-order valence-corrected chi connectivity index (χ2v) is 5.02. The van der Waals surface area contributed by atoms with Crippen molar-refractivity contribution in [1.29, 1.82) is 0 Å². The van der Waals surface area contributed by atoms with Crippen LogP contribution in [-0.2, 0) is 4.79 Å². The van der Waals surface area contributed by atoms with E-state index in [2.05, 4.69) is 24.0 Å². The van der Waals surface area contributed by atoms with E-state index in [1.54, 1.807) is 25.1 Å². The minimum atomic E-state index is -0.471. The van der Waals surface area contributed by atoms with Gasteiger partial charge in [-0.05, 0) is 31.0 Å². The number of nitrogens with zero attached hydrogens (tertiary/aromatic N) is 2. The Balaban J connectivity index is 2.09. The van der Waals surface area contributed by atoms with Gasteiger partial charge in [0.25, 0.3) is 5.91 Å². The molecule has 4 heteroatoms. The lowest BCUT2D eigenvalue weighted by atomic mass is 10.0. The molecule has 4 nitrogen and oxygen atoms in total. The average molecular weight is 268 g/mol. The number of carbonyl (C=O) groups excluding carboxylic acids is 1. The standard InChI is InChI=1S/C16H16N2O2/c1-10-6-4-5-7-13(10)12-8-14-15(17-9-12)18(3)16(19)11(2)20-14/h4-9,11H,1-3H3. The summed E-state index contributed by atoms with van der Waals surface area (Å²) in [7, 11) is 1.72. The van der Waals surface area contributed by atoms with Crippen molar-refractivity contribution < 1.29 is 9.53 Å². The van der Waals surface area contributed by atoms with Crippen molar-refractivity contribution in [2.75, 3.05) is 11.9 Å². The van der Waals surface area contributed by atoms with Crippen LogP contribution < -0.4 is 9.64 Å². The van der Waals surface area contributed by atoms with Crippen LogP contribution in [0.5, 0.6) is 5.75 Å². The number of rotatable bonds is 1. The third-order valence-electron chi connectivity index (χ3n) is 3.59. The predicted octanol–water partition coefficient (Wildman–Crippen LogP) is 2.80. The van der Waals surface area contributed by atoms with Gasteiger partial charge < -0.3 is 4.74 Å². The van der Waals surface area contributed by atoms with E-state index in [4.69, 9.17) is 4.74 Å². The van der Waals surface area contributed by atoms with Gasteiger partial charge in [-0.25, -0.2) is 4.98 Å². The molecule has 102 valence electrons. The third kappa shape index (κ3) is 1.93. The summed E-state index contributed by atoms with van der Waals surface area (Å²) in [4.78, 5) is 17.8. The van der Waals surface area contributed by atoms with Gasteiger partial charge in [-0.1, -0.05) is 24.3 Å². The Morgan fingerprint density at radius 2 is 2.05 bits per heavy atom. The molecule has 1 atom stereocenters. The van der Waals surface area contributed by atoms with Gasteiger partial charge in [0, 0.05) is 18.8 Å². The zero-order chi connectivity index (χ0) is 14.3. The molecular formula is C16H16N2O2. The van der Waals surface area contributed by atoms with Crippen molar-refractivity contribution in [1.82, 2.24) is 4.98 Å². The first-order chi connectivity index (χ1) is 9.58. The summed E-state index contributed by atoms with van der Waals surface area (Å²) < 4.78 is 5.66. The molecule has 0 aliphatic carbocycles. The average Bonchev–Trinajstić information content (AvgIpc) is 2.45. The van der Waals surface area contributed by atoms with Gasteiger partial charge in [-0.15, -0.1) is 0 Å². The molecule has 1 aromatic carbocycles. The highest BCUT2D eigenvalue weighted by molar-refractivity contribution is 5.98. The number of likely N-dealkylation sites (N-methyl/N-ethyl adjacent to an activating group) is 1. The zero-order valence-electron chi connectivity index (χ0n) is 11.8. The highest BCUT2D eigenvalue weighted by atomic mass is 16.5. The molecule has 1 aliphatic rings. The first kappa shape index (κ1) is 12.7. The van der Waals surface area contributed by atoms with Crippen LogP contribution in [0.1, 0.15) is 12.5 Å². The van der Waals surface area contributed by atoms with Gasteiger partial charge in [-0.3, -0.25) is 9.69 Å². The molecule has 0 bridgehead atoms. The first-order valence-electron chi connectivity index (χ1n) is 6.58. The van der Waals surface area contributed by atoms with Crippen LogP contribution in [0.25, 0.3) is 11.1 Å². The number of hydrogen-bond donors (Lipinski definition) is 0. The Hall–Kier alpha value is -2.36. The number of fused-ring (bicyclic) bond motifs is 1. The summed E-state index contributed by atoms with van der Waals surface area (Å²) >= 11 is 0. The fourth-order valence-corrected chi connectivity index (χ4v) is 2.44. The molecule has 0 fully saturated rings. The topological polar surface area (TPSA) is 42.4 Å². The Bertz CT molecular complexity index is 682. The van der Waals surface area contributed by atoms with Crippen molar-refractivity contribution in [3.8, 4) is 16.9 Å². The van der Waals surface area contributed by atoms with Gasteiger partial charge in [0.15, 0.2) is 17.7 Å². The number of benzene rings is 1. The van der Waals surface area contributed by atoms with Crippen LogP contribution in [0.3, 0.4) is 0 Å². The smallest absolute Gasteiger partial charge is 0.268 e. The quantitative estimate of drug-likeness (QED) is 0.798. The highest BCUT2D eigenvalue weighted by Crippen LogP contribution is 2.35. The van der Waals surface area contributed by atoms with E-state index in [-0.39, 0.29) is 5.91 Å². The second kappa shape index (κ2) is 4.63. The van der Waals surface area contributed by atoms with E-state index in [1.165, 1.54) is 5.56 Å². The Morgan fingerprint density at radius 1 is 1.30 bits per heavy atom. The molecule has 0 saturated carbocycles. The minimum absolute atomic E-state index is 0.0753. The maximum absolute atomic E-state index is 11.9. The van der Waals surface area contributed by atoms with Crippen molar-refractivity contribution >= 4 is 11.7 Å². The first-order valence-corrected chi connectivity index (χ1v) is 6.58. The molecule has 1 aromatic heterocycles. The fraction of sp³-hybridized carbons (Fsp3) is 0.250. The highest BCUT2D eigenvalue weighted by Gasteiger charge is 2.30. The number of aromatic nitrogens is 1. The molecule has 1 aliphatic heterocycles. The summed E-state index contributed by atoms with van der Waals surface area (Å²) in [6.45, 7) is 3.82. The normalized spacial score (nSPS) is 17.6. The zero-order valence-corrected chi connectivity index (χ0v) is 11.8. The van der Waals surface area contributed by atoms with E-state index in [0.717, 1.165) is 11.1 Å². The van der Waals surface area contributed by atoms with Crippen LogP contribution in [0, 0.1) is 6.92 Å². The number of ether oxygens (including phenoxy) is 1. The minimum Gasteiger partial charge on any atom is -0.477 e. The lowest BCUT2D eigenvalue weighted by Crippen LogP contribution is -2.42. The van der Waals surface area contributed by atoms with Gasteiger partial charge in [0.2, 0.25) is 0 Å². The molecule has 0 spiro atoms. The van der Waals surface area contributed by atoms with Crippen molar-refractivity contribution in [3.63, 3.8) is 0 Å². The van der Waals surface area contributed by atoms with Crippen molar-refractivity contribution in [3.05, 3.63) is 42.1 Å². The predicted molar refractivity (Wildman–Crippen MR) is 77.9 cm³/mol. The maximum Gasteiger partial charge on any atom is 0.268 e. The van der Waals surface area contributed by atoms with Crippen molar-refractivity contribution in [2.45, 2.75) is 20.0 Å². The Labute approximate surface area is 118 Å². The van der Waals surface area contributed by atoms with E-state index < -0.39 is 6.10 Å². The largest absolute Gasteiger partial charge is 0.477 e. The number of pyridine rings is 1. The second-order valence-electron chi connectivity index (χ2n) is 5.02. The summed E-state index contributed by atoms with van der Waals surface area (Å²) in [6.07, 6.45) is 1.31. The Kier molecular flexibility index (Phi) is 2.93. The summed E-state index contributed by atoms with van der Waals surface area (Å²) in [5.74, 6) is 1.15. The summed E-state index contributed by atoms with van der Waals surface area (Å²) in [5, 5.41) is 0. The number of aryl methyl sites for hydroxylation is 1. The monoisotopic (exact) mass is 268 g/mol. The van der Waals surface area contributed by atoms with E-state index in [1.807, 2.05) is 18.2 Å². The van der Waals surface area contributed by atoms with Crippen molar-refractivity contribution in [2.24, 2.45) is 0 Å². The van der Waals surface area contributed by atoms with Crippen LogP contribution in [0.15, 0.2) is 36.5 Å². The number of anilines is 1. The summed E-state index contributed by atoms with van der Waals surface area (Å²) in [5.41, 5.74) is 3.30. The van der Waals surface area contributed by atoms with Crippen LogP contribution in [0.4, 0.5) is 5.82 Å². The fourth-order valence-electron chi connectivity index (χ4n) is 2.44. The van der Waals surface area contributed by atoms with Crippen LogP contribution in [-0.4, -0.2) is 24.0 Å². The number of carbonyl (C=O) groups is 1. The lowest BCUT2D eigenvalue weighted by Gasteiger charge is -2.29. The van der Waals surface area contributed by atoms with Gasteiger partial charge in [0.05, 0.1) is 0 Å². The molecule has 1 amide bonds. The SMILES string of the molecule is Cc1ccccc1-c1cnc2c(c1)OC(C)C(=O)N2C. The number of amides is 1. The molecule has 20 heavy (non-hydrogen) atoms. The van der Waals surface area contributed by atoms with Gasteiger partial charge in [-0.2, -0.15) is 0 Å². The molecule has 0 saturated heterocycles. The molecule has 0 radical (unpaired) electrons. The molecule has 2 heterocycles. The third-order valence-corrected chi connectivity index (χ3v) is 3.59. The molecule has 2 aromatic rings. The van der Waals surface area contributed by atoms with Crippen LogP contribution >= 0.6 is 0 Å².